The molecule has 2 rings (SSSR count). The van der Waals surface area contributed by atoms with E-state index >= 15 is 0 Å². The van der Waals surface area contributed by atoms with Crippen LogP contribution in [-0.2, 0) is 6.54 Å². The number of hydrogen-bond donors (Lipinski definition) is 1. The molecule has 2 aromatic carbocycles. The fourth-order valence-electron chi connectivity index (χ4n) is 2.04. The smallest absolute Gasteiger partial charge is 0.269 e. The van der Waals surface area contributed by atoms with Crippen LogP contribution in [0, 0.1) is 17.0 Å². The lowest BCUT2D eigenvalue weighted by Crippen LogP contribution is -2.18. The highest BCUT2D eigenvalue weighted by atomic mass is 35.5. The van der Waals surface area contributed by atoms with Gasteiger partial charge in [0.05, 0.1) is 4.92 Å². The second-order valence-electron chi connectivity index (χ2n) is 5.04. The zero-order valence-electron chi connectivity index (χ0n) is 12.0. The summed E-state index contributed by atoms with van der Waals surface area (Å²) in [7, 11) is 0. The van der Waals surface area contributed by atoms with Crippen LogP contribution in [0.3, 0.4) is 0 Å². The van der Waals surface area contributed by atoms with Crippen LogP contribution in [0.2, 0.25) is 5.02 Å². The zero-order valence-corrected chi connectivity index (χ0v) is 12.7. The minimum absolute atomic E-state index is 0.0185. The molecule has 110 valence electrons. The molecule has 2 aromatic rings. The van der Waals surface area contributed by atoms with Gasteiger partial charge in [-0.25, -0.2) is 0 Å². The topological polar surface area (TPSA) is 55.2 Å². The number of benzene rings is 2. The van der Waals surface area contributed by atoms with Gasteiger partial charge in [-0.3, -0.25) is 10.1 Å². The molecular formula is C16H17ClN2O2. The maximum absolute atomic E-state index is 10.8. The molecule has 1 N–H and O–H groups in total. The number of nitrogens with one attached hydrogen (secondary N) is 1. The van der Waals surface area contributed by atoms with Crippen molar-refractivity contribution in [2.75, 3.05) is 0 Å². The normalized spacial score (nSPS) is 12.1. The van der Waals surface area contributed by atoms with Crippen molar-refractivity contribution < 1.29 is 4.92 Å². The molecule has 0 amide bonds. The van der Waals surface area contributed by atoms with Gasteiger partial charge in [0.2, 0.25) is 0 Å². The molecular weight excluding hydrogens is 288 g/mol. The average Bonchev–Trinajstić information content (AvgIpc) is 2.48. The summed E-state index contributed by atoms with van der Waals surface area (Å²) in [5.41, 5.74) is 3.14. The quantitative estimate of drug-likeness (QED) is 0.657. The third kappa shape index (κ3) is 4.03. The summed E-state index contributed by atoms with van der Waals surface area (Å²) in [4.78, 5) is 10.4. The highest BCUT2D eigenvalue weighted by molar-refractivity contribution is 6.31. The van der Waals surface area contributed by atoms with Crippen molar-refractivity contribution in [2.45, 2.75) is 26.4 Å². The van der Waals surface area contributed by atoms with Gasteiger partial charge in [-0.1, -0.05) is 35.9 Å². The van der Waals surface area contributed by atoms with E-state index < -0.39 is 0 Å². The van der Waals surface area contributed by atoms with Gasteiger partial charge in [-0.15, -0.1) is 0 Å². The van der Waals surface area contributed by atoms with E-state index in [-0.39, 0.29) is 16.7 Å². The van der Waals surface area contributed by atoms with Gasteiger partial charge in [0.15, 0.2) is 0 Å². The van der Waals surface area contributed by atoms with Crippen LogP contribution in [0.15, 0.2) is 42.5 Å². The number of rotatable bonds is 5. The Morgan fingerprint density at radius 3 is 2.71 bits per heavy atom. The lowest BCUT2D eigenvalue weighted by Gasteiger charge is -2.14. The Kier molecular flexibility index (Phi) is 4.94. The molecule has 0 saturated carbocycles. The first-order valence-electron chi connectivity index (χ1n) is 6.70. The van der Waals surface area contributed by atoms with Crippen LogP contribution in [0.25, 0.3) is 0 Å². The van der Waals surface area contributed by atoms with Crippen LogP contribution in [0.1, 0.15) is 29.7 Å². The molecule has 5 heteroatoms. The van der Waals surface area contributed by atoms with Crippen molar-refractivity contribution in [1.29, 1.82) is 0 Å². The van der Waals surface area contributed by atoms with E-state index in [4.69, 9.17) is 11.6 Å². The standard InChI is InChI=1S/C16H17ClN2O2/c1-11-6-7-13(8-16(11)17)10-18-12(2)14-4-3-5-15(9-14)19(20)21/h3-9,12,18H,10H2,1-2H3. The van der Waals surface area contributed by atoms with E-state index in [0.29, 0.717) is 6.54 Å². The van der Waals surface area contributed by atoms with Crippen molar-refractivity contribution in [3.63, 3.8) is 0 Å². The summed E-state index contributed by atoms with van der Waals surface area (Å²) in [6, 6.07) is 12.6. The predicted molar refractivity (Wildman–Crippen MR) is 84.5 cm³/mol. The Bertz CT molecular complexity index is 658. The molecule has 0 fully saturated rings. The van der Waals surface area contributed by atoms with Crippen molar-refractivity contribution in [1.82, 2.24) is 5.32 Å². The van der Waals surface area contributed by atoms with Crippen LogP contribution in [0.5, 0.6) is 0 Å². The first kappa shape index (κ1) is 15.5. The van der Waals surface area contributed by atoms with Gasteiger partial charge in [-0.2, -0.15) is 0 Å². The van der Waals surface area contributed by atoms with E-state index in [1.807, 2.05) is 38.1 Å². The van der Waals surface area contributed by atoms with Gasteiger partial charge in [0, 0.05) is 29.7 Å². The maximum Gasteiger partial charge on any atom is 0.269 e. The number of non-ortho nitro benzene ring substituents is 1. The zero-order chi connectivity index (χ0) is 15.4. The van der Waals surface area contributed by atoms with Crippen molar-refractivity contribution in [2.24, 2.45) is 0 Å². The fraction of sp³-hybridized carbons (Fsp3) is 0.250. The highest BCUT2D eigenvalue weighted by Crippen LogP contribution is 2.20. The monoisotopic (exact) mass is 304 g/mol. The van der Waals surface area contributed by atoms with Gasteiger partial charge in [0.1, 0.15) is 0 Å². The number of halogens is 1. The Hall–Kier alpha value is -1.91. The van der Waals surface area contributed by atoms with Gasteiger partial charge in [0.25, 0.3) is 5.69 Å². The summed E-state index contributed by atoms with van der Waals surface area (Å²) in [6.45, 7) is 4.60. The number of nitro benzene ring substituents is 1. The molecule has 4 nitrogen and oxygen atoms in total. The SMILES string of the molecule is Cc1ccc(CNC(C)c2cccc([N+](=O)[O-])c2)cc1Cl. The minimum Gasteiger partial charge on any atom is -0.306 e. The summed E-state index contributed by atoms with van der Waals surface area (Å²) < 4.78 is 0. The molecule has 0 aromatic heterocycles. The number of aryl methyl sites for hydroxylation is 1. The molecule has 0 aliphatic heterocycles. The molecule has 0 bridgehead atoms. The first-order chi connectivity index (χ1) is 9.97. The molecule has 0 saturated heterocycles. The van der Waals surface area contributed by atoms with E-state index in [2.05, 4.69) is 5.32 Å². The lowest BCUT2D eigenvalue weighted by molar-refractivity contribution is -0.384. The molecule has 0 spiro atoms. The second-order valence-corrected chi connectivity index (χ2v) is 5.45. The van der Waals surface area contributed by atoms with E-state index in [0.717, 1.165) is 21.7 Å². The van der Waals surface area contributed by atoms with E-state index in [1.54, 1.807) is 12.1 Å². The molecule has 21 heavy (non-hydrogen) atoms. The molecule has 1 unspecified atom stereocenters. The maximum atomic E-state index is 10.8. The predicted octanol–water partition coefficient (Wildman–Crippen LogP) is 4.41. The molecule has 0 radical (unpaired) electrons. The number of hydrogen-bond acceptors (Lipinski definition) is 3. The van der Waals surface area contributed by atoms with Crippen LogP contribution in [-0.4, -0.2) is 4.92 Å². The molecule has 1 atom stereocenters. The van der Waals surface area contributed by atoms with E-state index in [9.17, 15) is 10.1 Å². The third-order valence-corrected chi connectivity index (χ3v) is 3.84. The van der Waals surface area contributed by atoms with Crippen molar-refractivity contribution >= 4 is 17.3 Å². The Labute approximate surface area is 128 Å². The third-order valence-electron chi connectivity index (χ3n) is 3.43. The summed E-state index contributed by atoms with van der Waals surface area (Å²) in [5, 5.41) is 14.9. The van der Waals surface area contributed by atoms with Crippen molar-refractivity contribution in [3.05, 3.63) is 74.3 Å². The second kappa shape index (κ2) is 6.70. The summed E-state index contributed by atoms with van der Waals surface area (Å²) in [5.74, 6) is 0. The fourth-order valence-corrected chi connectivity index (χ4v) is 2.25. The first-order valence-corrected chi connectivity index (χ1v) is 7.08. The number of nitrogens with zero attached hydrogens (tertiary/aromatic N) is 1. The van der Waals surface area contributed by atoms with Crippen molar-refractivity contribution in [3.8, 4) is 0 Å². The highest BCUT2D eigenvalue weighted by Gasteiger charge is 2.10. The molecule has 0 aliphatic carbocycles. The molecule has 0 aliphatic rings. The van der Waals surface area contributed by atoms with Crippen LogP contribution < -0.4 is 5.32 Å². The van der Waals surface area contributed by atoms with Gasteiger partial charge in [-0.05, 0) is 36.6 Å². The van der Waals surface area contributed by atoms with Crippen LogP contribution >= 0.6 is 11.6 Å². The Balaban J connectivity index is 2.04. The summed E-state index contributed by atoms with van der Waals surface area (Å²) in [6.07, 6.45) is 0. The van der Waals surface area contributed by atoms with Gasteiger partial charge < -0.3 is 5.32 Å². The van der Waals surface area contributed by atoms with Crippen LogP contribution in [0.4, 0.5) is 5.69 Å². The van der Waals surface area contributed by atoms with E-state index in [1.165, 1.54) is 6.07 Å². The lowest BCUT2D eigenvalue weighted by atomic mass is 10.1. The largest absolute Gasteiger partial charge is 0.306 e. The summed E-state index contributed by atoms with van der Waals surface area (Å²) >= 11 is 6.10. The Morgan fingerprint density at radius 1 is 1.29 bits per heavy atom. The molecule has 0 heterocycles. The van der Waals surface area contributed by atoms with Gasteiger partial charge >= 0.3 is 0 Å². The number of nitro groups is 1. The average molecular weight is 305 g/mol. The minimum atomic E-state index is -0.379. The Morgan fingerprint density at radius 2 is 2.05 bits per heavy atom.